The predicted molar refractivity (Wildman–Crippen MR) is 83.6 cm³/mol. The molecule has 1 fully saturated rings. The van der Waals surface area contributed by atoms with Crippen molar-refractivity contribution in [3.63, 3.8) is 0 Å². The number of amidine groups is 1. The molecule has 1 aliphatic heterocycles. The molecule has 1 amide bonds. The van der Waals surface area contributed by atoms with Crippen molar-refractivity contribution in [1.82, 2.24) is 10.2 Å². The van der Waals surface area contributed by atoms with Gasteiger partial charge in [-0.25, -0.2) is 0 Å². The molecule has 0 bridgehead atoms. The van der Waals surface area contributed by atoms with Crippen molar-refractivity contribution >= 4 is 23.1 Å². The number of nitrogens with two attached hydrogens (primary N) is 1. The van der Waals surface area contributed by atoms with Crippen molar-refractivity contribution in [3.05, 3.63) is 21.9 Å². The average molecular weight is 310 g/mol. The van der Waals surface area contributed by atoms with E-state index in [0.717, 1.165) is 17.8 Å². The van der Waals surface area contributed by atoms with Crippen LogP contribution in [0.4, 0.5) is 0 Å². The van der Waals surface area contributed by atoms with Crippen molar-refractivity contribution < 1.29 is 9.53 Å². The summed E-state index contributed by atoms with van der Waals surface area (Å²) in [7, 11) is 3.66. The fraction of sp³-hybridized carbons (Fsp3) is 0.571. The van der Waals surface area contributed by atoms with E-state index >= 15 is 0 Å². The molecule has 0 aromatic carbocycles. The van der Waals surface area contributed by atoms with Crippen LogP contribution < -0.4 is 11.1 Å². The molecule has 4 N–H and O–H groups in total. The Balaban J connectivity index is 1.85. The maximum Gasteiger partial charge on any atom is 0.237 e. The summed E-state index contributed by atoms with van der Waals surface area (Å²) >= 11 is 1.50. The molecule has 0 aliphatic carbocycles. The van der Waals surface area contributed by atoms with Gasteiger partial charge in [0.15, 0.2) is 0 Å². The second-order valence-electron chi connectivity index (χ2n) is 5.45. The Morgan fingerprint density at radius 3 is 3.05 bits per heavy atom. The Morgan fingerprint density at radius 2 is 2.43 bits per heavy atom. The van der Waals surface area contributed by atoms with E-state index in [1.54, 1.807) is 7.11 Å². The number of nitrogens with zero attached hydrogens (tertiary/aromatic N) is 1. The van der Waals surface area contributed by atoms with Crippen LogP contribution in [-0.2, 0) is 16.1 Å². The number of methoxy groups -OCH3 is 1. The molecule has 2 heterocycles. The first-order valence-corrected chi connectivity index (χ1v) is 7.78. The lowest BCUT2D eigenvalue weighted by atomic mass is 10.1. The smallest absolute Gasteiger partial charge is 0.237 e. The molecule has 0 radical (unpaired) electrons. The van der Waals surface area contributed by atoms with E-state index in [2.05, 4.69) is 10.2 Å². The summed E-state index contributed by atoms with van der Waals surface area (Å²) in [6.45, 7) is 2.07. The summed E-state index contributed by atoms with van der Waals surface area (Å²) < 4.78 is 5.17. The highest BCUT2D eigenvalue weighted by atomic mass is 32.1. The van der Waals surface area contributed by atoms with Crippen LogP contribution in [0.3, 0.4) is 0 Å². The number of likely N-dealkylation sites (tertiary alicyclic amines) is 1. The molecule has 1 aromatic heterocycles. The van der Waals surface area contributed by atoms with E-state index < -0.39 is 0 Å². The predicted octanol–water partition coefficient (Wildman–Crippen LogP) is 0.615. The Labute approximate surface area is 128 Å². The highest BCUT2D eigenvalue weighted by Gasteiger charge is 2.34. The molecule has 0 spiro atoms. The van der Waals surface area contributed by atoms with Crippen LogP contribution in [-0.4, -0.2) is 50.0 Å². The molecule has 1 aromatic rings. The fourth-order valence-corrected chi connectivity index (χ4v) is 3.50. The van der Waals surface area contributed by atoms with Gasteiger partial charge in [-0.15, -0.1) is 11.3 Å². The van der Waals surface area contributed by atoms with E-state index in [-0.39, 0.29) is 17.8 Å². The van der Waals surface area contributed by atoms with Crippen molar-refractivity contribution in [2.24, 2.45) is 11.7 Å². The first-order chi connectivity index (χ1) is 10.0. The Hall–Kier alpha value is -1.44. The molecular weight excluding hydrogens is 288 g/mol. The van der Waals surface area contributed by atoms with Gasteiger partial charge in [0, 0.05) is 29.5 Å². The number of likely N-dealkylation sites (N-methyl/N-ethyl adjacent to an activating group) is 1. The lowest BCUT2D eigenvalue weighted by Crippen LogP contribution is -2.40. The summed E-state index contributed by atoms with van der Waals surface area (Å²) in [6, 6.07) is 1.76. The molecule has 21 heavy (non-hydrogen) atoms. The van der Waals surface area contributed by atoms with Crippen molar-refractivity contribution in [2.75, 3.05) is 27.3 Å². The Morgan fingerprint density at radius 1 is 1.67 bits per heavy atom. The van der Waals surface area contributed by atoms with Crippen LogP contribution in [0.2, 0.25) is 0 Å². The van der Waals surface area contributed by atoms with Gasteiger partial charge in [-0.2, -0.15) is 0 Å². The van der Waals surface area contributed by atoms with Gasteiger partial charge in [0.05, 0.1) is 19.2 Å². The molecule has 6 nitrogen and oxygen atoms in total. The summed E-state index contributed by atoms with van der Waals surface area (Å²) in [6.07, 6.45) is 0.833. The van der Waals surface area contributed by atoms with Crippen LogP contribution >= 0.6 is 11.3 Å². The van der Waals surface area contributed by atoms with E-state index in [4.69, 9.17) is 15.9 Å². The van der Waals surface area contributed by atoms with Crippen LogP contribution in [0.15, 0.2) is 11.4 Å². The third-order valence-electron chi connectivity index (χ3n) is 3.74. The number of rotatable bonds is 6. The number of thiophene rings is 1. The average Bonchev–Trinajstić information content (AvgIpc) is 3.03. The van der Waals surface area contributed by atoms with Gasteiger partial charge in [0.2, 0.25) is 5.91 Å². The van der Waals surface area contributed by atoms with Crippen LogP contribution in [0.25, 0.3) is 0 Å². The van der Waals surface area contributed by atoms with Gasteiger partial charge in [-0.05, 0) is 25.5 Å². The molecule has 2 rings (SSSR count). The first-order valence-electron chi connectivity index (χ1n) is 6.90. The molecule has 1 saturated heterocycles. The van der Waals surface area contributed by atoms with E-state index in [1.165, 1.54) is 11.3 Å². The number of carbonyl (C=O) groups excluding carboxylic acids is 1. The second-order valence-corrected chi connectivity index (χ2v) is 6.44. The largest absolute Gasteiger partial charge is 0.384 e. The fourth-order valence-electron chi connectivity index (χ4n) is 2.68. The summed E-state index contributed by atoms with van der Waals surface area (Å²) in [5.41, 5.74) is 6.14. The summed E-state index contributed by atoms with van der Waals surface area (Å²) in [4.78, 5) is 15.3. The number of hydrogen-bond acceptors (Lipinski definition) is 5. The maximum absolute atomic E-state index is 12.3. The third-order valence-corrected chi connectivity index (χ3v) is 4.68. The monoisotopic (exact) mass is 310 g/mol. The lowest BCUT2D eigenvalue weighted by molar-refractivity contribution is -0.125. The highest BCUT2D eigenvalue weighted by Crippen LogP contribution is 2.22. The normalized spacial score (nSPS) is 22.4. The quantitative estimate of drug-likeness (QED) is 0.530. The van der Waals surface area contributed by atoms with Crippen LogP contribution in [0.5, 0.6) is 0 Å². The van der Waals surface area contributed by atoms with Gasteiger partial charge in [0.25, 0.3) is 0 Å². The van der Waals surface area contributed by atoms with Gasteiger partial charge in [0.1, 0.15) is 5.84 Å². The van der Waals surface area contributed by atoms with Crippen LogP contribution in [0, 0.1) is 11.3 Å². The number of carbonyl (C=O) groups is 1. The molecule has 2 atom stereocenters. The molecule has 7 heteroatoms. The molecule has 1 aliphatic rings. The number of amides is 1. The summed E-state index contributed by atoms with van der Waals surface area (Å²) in [5, 5.41) is 12.2. The van der Waals surface area contributed by atoms with Gasteiger partial charge < -0.3 is 15.8 Å². The zero-order valence-electron chi connectivity index (χ0n) is 12.4. The van der Waals surface area contributed by atoms with Crippen LogP contribution in [0.1, 0.15) is 16.9 Å². The zero-order valence-corrected chi connectivity index (χ0v) is 13.2. The van der Waals surface area contributed by atoms with E-state index in [0.29, 0.717) is 24.6 Å². The first kappa shape index (κ1) is 15.9. The number of nitrogen functional groups attached to an aromatic ring is 1. The minimum atomic E-state index is -0.0858. The second kappa shape index (κ2) is 7.02. The maximum atomic E-state index is 12.3. The van der Waals surface area contributed by atoms with Gasteiger partial charge in [-0.1, -0.05) is 0 Å². The van der Waals surface area contributed by atoms with Crippen molar-refractivity contribution in [2.45, 2.75) is 19.0 Å². The van der Waals surface area contributed by atoms with Gasteiger partial charge >= 0.3 is 0 Å². The topological polar surface area (TPSA) is 91.4 Å². The molecule has 0 saturated carbocycles. The Kier molecular flexibility index (Phi) is 5.33. The van der Waals surface area contributed by atoms with Crippen molar-refractivity contribution in [3.8, 4) is 0 Å². The van der Waals surface area contributed by atoms with Crippen molar-refractivity contribution in [1.29, 1.82) is 5.41 Å². The van der Waals surface area contributed by atoms with E-state index in [1.807, 2.05) is 18.5 Å². The number of nitrogens with one attached hydrogen (secondary N) is 2. The number of hydrogen-bond donors (Lipinski definition) is 3. The number of ether oxygens (including phenoxy) is 1. The summed E-state index contributed by atoms with van der Waals surface area (Å²) in [5.74, 6) is 0.525. The minimum Gasteiger partial charge on any atom is -0.384 e. The standard InChI is InChI=1S/C14H22N4O2S/c1-18-6-9(7-20-2)3-12(18)14(19)17-5-11-4-10(8-21-11)13(15)16/h4,8-9,12H,3,5-7H2,1-2H3,(H3,15,16)(H,17,19). The minimum absolute atomic E-state index is 0.0499. The Bertz CT molecular complexity index is 517. The molecular formula is C14H22N4O2S. The van der Waals surface area contributed by atoms with Gasteiger partial charge in [-0.3, -0.25) is 15.1 Å². The SMILES string of the molecule is COCC1CC(C(=O)NCc2cc(C(=N)N)cs2)N(C)C1. The zero-order chi connectivity index (χ0) is 15.4. The highest BCUT2D eigenvalue weighted by molar-refractivity contribution is 7.10. The van der Waals surface area contributed by atoms with E-state index in [9.17, 15) is 4.79 Å². The molecule has 2 unspecified atom stereocenters. The third kappa shape index (κ3) is 4.03. The molecule has 116 valence electrons. The lowest BCUT2D eigenvalue weighted by Gasteiger charge is -2.18.